The van der Waals surface area contributed by atoms with Crippen molar-refractivity contribution < 1.29 is 19.1 Å². The Morgan fingerprint density at radius 1 is 1.42 bits per heavy atom. The summed E-state index contributed by atoms with van der Waals surface area (Å²) in [5, 5.41) is 2.56. The van der Waals surface area contributed by atoms with Gasteiger partial charge in [-0.25, -0.2) is 4.79 Å². The zero-order valence-corrected chi connectivity index (χ0v) is 11.9. The lowest BCUT2D eigenvalue weighted by Crippen LogP contribution is -2.55. The first-order valence-corrected chi connectivity index (χ1v) is 6.41. The number of hydrogen-bond acceptors (Lipinski definition) is 4. The number of nitrogens with zero attached hydrogens (tertiary/aromatic N) is 1. The van der Waals surface area contributed by atoms with E-state index in [4.69, 9.17) is 0 Å². The Morgan fingerprint density at radius 2 is 2.05 bits per heavy atom. The van der Waals surface area contributed by atoms with Gasteiger partial charge in [-0.2, -0.15) is 0 Å². The van der Waals surface area contributed by atoms with Crippen LogP contribution in [-0.4, -0.2) is 48.9 Å². The van der Waals surface area contributed by atoms with Crippen LogP contribution < -0.4 is 5.32 Å². The van der Waals surface area contributed by atoms with E-state index in [0.29, 0.717) is 13.0 Å². The molecule has 0 aliphatic carbocycles. The van der Waals surface area contributed by atoms with Crippen LogP contribution in [0, 0.1) is 5.41 Å². The zero-order valence-electron chi connectivity index (χ0n) is 11.9. The molecule has 0 radical (unpaired) electrons. The van der Waals surface area contributed by atoms with E-state index in [-0.39, 0.29) is 11.9 Å². The fourth-order valence-electron chi connectivity index (χ4n) is 2.20. The second kappa shape index (κ2) is 6.04. The minimum Gasteiger partial charge on any atom is -0.453 e. The molecule has 6 nitrogen and oxygen atoms in total. The summed E-state index contributed by atoms with van der Waals surface area (Å²) in [7, 11) is 1.25. The highest BCUT2D eigenvalue weighted by atomic mass is 16.5. The van der Waals surface area contributed by atoms with E-state index >= 15 is 0 Å². The molecule has 1 aliphatic heterocycles. The van der Waals surface area contributed by atoms with Gasteiger partial charge in [0.05, 0.1) is 13.2 Å². The van der Waals surface area contributed by atoms with Gasteiger partial charge in [0.2, 0.25) is 5.91 Å². The topological polar surface area (TPSA) is 75.7 Å². The molecule has 0 bridgehead atoms. The van der Waals surface area contributed by atoms with Crippen molar-refractivity contribution in [2.24, 2.45) is 5.41 Å². The van der Waals surface area contributed by atoms with Crippen LogP contribution in [0.25, 0.3) is 0 Å². The first kappa shape index (κ1) is 15.5. The maximum absolute atomic E-state index is 12.5. The van der Waals surface area contributed by atoms with Crippen LogP contribution in [0.1, 0.15) is 33.6 Å². The van der Waals surface area contributed by atoms with Crippen LogP contribution in [0.15, 0.2) is 0 Å². The Bertz CT molecular complexity index is 362. The summed E-state index contributed by atoms with van der Waals surface area (Å²) >= 11 is 0. The molecule has 1 aliphatic rings. The summed E-state index contributed by atoms with van der Waals surface area (Å²) in [5.74, 6) is -0.229. The van der Waals surface area contributed by atoms with E-state index in [9.17, 15) is 14.4 Å². The normalized spacial score (nSPS) is 20.8. The lowest BCUT2D eigenvalue weighted by atomic mass is 9.85. The Labute approximate surface area is 113 Å². The molecule has 108 valence electrons. The molecular weight excluding hydrogens is 248 g/mol. The first-order chi connectivity index (χ1) is 8.81. The summed E-state index contributed by atoms with van der Waals surface area (Å²) in [6.07, 6.45) is 1.65. The van der Waals surface area contributed by atoms with Crippen molar-refractivity contribution in [2.45, 2.75) is 45.7 Å². The third-order valence-electron chi connectivity index (χ3n) is 3.30. The molecule has 0 aromatic carbocycles. The lowest BCUT2D eigenvalue weighted by Gasteiger charge is -2.34. The van der Waals surface area contributed by atoms with E-state index in [1.807, 2.05) is 20.8 Å². The quantitative estimate of drug-likeness (QED) is 0.775. The average Bonchev–Trinajstić information content (AvgIpc) is 2.81. The van der Waals surface area contributed by atoms with Crippen molar-refractivity contribution >= 4 is 18.3 Å². The lowest BCUT2D eigenvalue weighted by molar-refractivity contribution is -0.138. The number of ether oxygens (including phenoxy) is 1. The van der Waals surface area contributed by atoms with Crippen LogP contribution in [0.3, 0.4) is 0 Å². The minimum absolute atomic E-state index is 0.229. The summed E-state index contributed by atoms with van der Waals surface area (Å²) in [4.78, 5) is 36.4. The van der Waals surface area contributed by atoms with Crippen LogP contribution in [0.5, 0.6) is 0 Å². The third-order valence-corrected chi connectivity index (χ3v) is 3.30. The number of methoxy groups -OCH3 is 1. The van der Waals surface area contributed by atoms with Crippen LogP contribution in [0.4, 0.5) is 4.79 Å². The molecule has 0 aromatic rings. The number of aldehydes is 1. The van der Waals surface area contributed by atoms with Crippen molar-refractivity contribution in [3.8, 4) is 0 Å². The number of nitrogens with one attached hydrogen (secondary N) is 1. The Hall–Kier alpha value is -1.59. The fraction of sp³-hybridized carbons (Fsp3) is 0.769. The van der Waals surface area contributed by atoms with E-state index in [1.54, 1.807) is 4.90 Å². The molecule has 1 rings (SSSR count). The summed E-state index contributed by atoms with van der Waals surface area (Å²) in [6.45, 7) is 6.13. The fourth-order valence-corrected chi connectivity index (χ4v) is 2.20. The maximum atomic E-state index is 12.5. The van der Waals surface area contributed by atoms with Crippen molar-refractivity contribution in [3.05, 3.63) is 0 Å². The van der Waals surface area contributed by atoms with Gasteiger partial charge in [0.1, 0.15) is 12.3 Å². The number of alkyl carbamates (subject to hydrolysis) is 1. The standard InChI is InChI=1S/C13H22N2O4/c1-13(2,3)10(14-12(18)19-4)11(17)15-7-5-6-9(15)8-16/h8-10H,5-7H2,1-4H3,(H,14,18). The molecule has 0 saturated carbocycles. The van der Waals surface area contributed by atoms with Crippen LogP contribution in [-0.2, 0) is 14.3 Å². The molecular formula is C13H22N2O4. The molecule has 19 heavy (non-hydrogen) atoms. The summed E-state index contributed by atoms with van der Waals surface area (Å²) in [6, 6.07) is -1.09. The monoisotopic (exact) mass is 270 g/mol. The van der Waals surface area contributed by atoms with Crippen molar-refractivity contribution in [1.29, 1.82) is 0 Å². The van der Waals surface area contributed by atoms with Gasteiger partial charge in [0.15, 0.2) is 0 Å². The van der Waals surface area contributed by atoms with Gasteiger partial charge in [0, 0.05) is 6.54 Å². The van der Waals surface area contributed by atoms with Gasteiger partial charge in [-0.15, -0.1) is 0 Å². The number of carbonyl (C=O) groups is 3. The number of amides is 2. The second-order valence-corrected chi connectivity index (χ2v) is 5.81. The highest BCUT2D eigenvalue weighted by Gasteiger charge is 2.39. The zero-order chi connectivity index (χ0) is 14.6. The van der Waals surface area contributed by atoms with Gasteiger partial charge in [-0.3, -0.25) is 4.79 Å². The van der Waals surface area contributed by atoms with E-state index in [2.05, 4.69) is 10.1 Å². The SMILES string of the molecule is COC(=O)NC(C(=O)N1CCCC1C=O)C(C)(C)C. The van der Waals surface area contributed by atoms with Crippen molar-refractivity contribution in [3.63, 3.8) is 0 Å². The van der Waals surface area contributed by atoms with Crippen molar-refractivity contribution in [2.75, 3.05) is 13.7 Å². The Balaban J connectivity index is 2.88. The molecule has 1 fully saturated rings. The molecule has 0 spiro atoms. The molecule has 2 amide bonds. The molecule has 2 atom stereocenters. The molecule has 2 unspecified atom stereocenters. The number of rotatable bonds is 3. The first-order valence-electron chi connectivity index (χ1n) is 6.41. The van der Waals surface area contributed by atoms with E-state index in [0.717, 1.165) is 12.7 Å². The third kappa shape index (κ3) is 3.68. The van der Waals surface area contributed by atoms with Gasteiger partial charge in [-0.1, -0.05) is 20.8 Å². The predicted octanol–water partition coefficient (Wildman–Crippen LogP) is 0.947. The van der Waals surface area contributed by atoms with Crippen molar-refractivity contribution in [1.82, 2.24) is 10.2 Å². The molecule has 1 N–H and O–H groups in total. The summed E-state index contributed by atoms with van der Waals surface area (Å²) in [5.41, 5.74) is -0.457. The van der Waals surface area contributed by atoms with Gasteiger partial charge in [0.25, 0.3) is 0 Å². The van der Waals surface area contributed by atoms with Gasteiger partial charge >= 0.3 is 6.09 Å². The molecule has 0 aromatic heterocycles. The highest BCUT2D eigenvalue weighted by molar-refractivity contribution is 5.88. The Morgan fingerprint density at radius 3 is 2.53 bits per heavy atom. The molecule has 6 heteroatoms. The maximum Gasteiger partial charge on any atom is 0.407 e. The highest BCUT2D eigenvalue weighted by Crippen LogP contribution is 2.25. The number of carbonyl (C=O) groups excluding carboxylic acids is 3. The summed E-state index contributed by atoms with van der Waals surface area (Å²) < 4.78 is 4.55. The number of hydrogen-bond donors (Lipinski definition) is 1. The minimum atomic E-state index is -0.708. The molecule has 1 heterocycles. The smallest absolute Gasteiger partial charge is 0.407 e. The number of likely N-dealkylation sites (tertiary alicyclic amines) is 1. The largest absolute Gasteiger partial charge is 0.453 e. The van der Waals surface area contributed by atoms with Gasteiger partial charge in [-0.05, 0) is 18.3 Å². The van der Waals surface area contributed by atoms with E-state index < -0.39 is 17.6 Å². The average molecular weight is 270 g/mol. The Kier molecular flexibility index (Phi) is 4.91. The molecule has 1 saturated heterocycles. The van der Waals surface area contributed by atoms with E-state index in [1.165, 1.54) is 7.11 Å². The van der Waals surface area contributed by atoms with Crippen LogP contribution >= 0.6 is 0 Å². The predicted molar refractivity (Wildman–Crippen MR) is 69.6 cm³/mol. The van der Waals surface area contributed by atoms with Crippen LogP contribution in [0.2, 0.25) is 0 Å². The second-order valence-electron chi connectivity index (χ2n) is 5.81. The van der Waals surface area contributed by atoms with Gasteiger partial charge < -0.3 is 19.7 Å².